The Kier molecular flexibility index (Phi) is 3.65. The molecule has 0 spiro atoms. The highest BCUT2D eigenvalue weighted by molar-refractivity contribution is 5.53. The minimum Gasteiger partial charge on any atom is -0.338 e. The van der Waals surface area contributed by atoms with E-state index in [1.54, 1.807) is 24.1 Å². The lowest BCUT2D eigenvalue weighted by atomic mass is 10.2. The second-order valence-corrected chi connectivity index (χ2v) is 3.85. The Hall–Kier alpha value is -2.26. The minimum atomic E-state index is -0.309. The van der Waals surface area contributed by atoms with Gasteiger partial charge in [0.2, 0.25) is 11.7 Å². The van der Waals surface area contributed by atoms with Crippen LogP contribution in [0.25, 0.3) is 11.4 Å². The third-order valence-electron chi connectivity index (χ3n) is 2.32. The molecule has 0 saturated heterocycles. The standard InChI is InChI=1S/C12H11FN4O/c1-17(7-6-14)8-11-15-12(16-18-11)9-2-4-10(13)5-3-9/h2-5H,7-8H2,1H3. The molecule has 5 nitrogen and oxygen atoms in total. The maximum absolute atomic E-state index is 12.8. The quantitative estimate of drug-likeness (QED) is 0.770. The van der Waals surface area contributed by atoms with Gasteiger partial charge in [-0.3, -0.25) is 4.90 Å². The van der Waals surface area contributed by atoms with E-state index in [4.69, 9.17) is 9.78 Å². The lowest BCUT2D eigenvalue weighted by Crippen LogP contribution is -2.17. The van der Waals surface area contributed by atoms with Crippen LogP contribution in [-0.2, 0) is 6.54 Å². The predicted octanol–water partition coefficient (Wildman–Crippen LogP) is 1.83. The normalized spacial score (nSPS) is 10.6. The summed E-state index contributed by atoms with van der Waals surface area (Å²) < 4.78 is 17.8. The number of aromatic nitrogens is 2. The van der Waals surface area contributed by atoms with Gasteiger partial charge in [-0.15, -0.1) is 0 Å². The molecule has 0 atom stereocenters. The van der Waals surface area contributed by atoms with Crippen LogP contribution in [0.15, 0.2) is 28.8 Å². The van der Waals surface area contributed by atoms with Gasteiger partial charge in [-0.1, -0.05) is 5.16 Å². The smallest absolute Gasteiger partial charge is 0.241 e. The van der Waals surface area contributed by atoms with Crippen molar-refractivity contribution in [3.05, 3.63) is 36.0 Å². The van der Waals surface area contributed by atoms with E-state index in [0.717, 1.165) is 0 Å². The average molecular weight is 246 g/mol. The molecule has 2 aromatic rings. The maximum Gasteiger partial charge on any atom is 0.241 e. The lowest BCUT2D eigenvalue weighted by molar-refractivity contribution is 0.287. The Labute approximate surface area is 103 Å². The number of hydrogen-bond donors (Lipinski definition) is 0. The summed E-state index contributed by atoms with van der Waals surface area (Å²) in [5.74, 6) is 0.527. The summed E-state index contributed by atoms with van der Waals surface area (Å²) in [6.45, 7) is 0.690. The fraction of sp³-hybridized carbons (Fsp3) is 0.250. The molecule has 0 saturated carbocycles. The van der Waals surface area contributed by atoms with E-state index in [-0.39, 0.29) is 12.4 Å². The molecule has 92 valence electrons. The van der Waals surface area contributed by atoms with Gasteiger partial charge in [-0.25, -0.2) is 4.39 Å². The zero-order valence-corrected chi connectivity index (χ0v) is 9.80. The highest BCUT2D eigenvalue weighted by atomic mass is 19.1. The van der Waals surface area contributed by atoms with Crippen molar-refractivity contribution in [1.29, 1.82) is 5.26 Å². The van der Waals surface area contributed by atoms with E-state index >= 15 is 0 Å². The van der Waals surface area contributed by atoms with E-state index in [1.807, 2.05) is 6.07 Å². The van der Waals surface area contributed by atoms with Crippen molar-refractivity contribution in [2.24, 2.45) is 0 Å². The van der Waals surface area contributed by atoms with Crippen LogP contribution in [0.4, 0.5) is 4.39 Å². The molecular weight excluding hydrogens is 235 g/mol. The first-order chi connectivity index (χ1) is 8.69. The Bertz CT molecular complexity index is 558. The second-order valence-electron chi connectivity index (χ2n) is 3.85. The summed E-state index contributed by atoms with van der Waals surface area (Å²) in [6, 6.07) is 7.88. The van der Waals surface area contributed by atoms with Crippen molar-refractivity contribution < 1.29 is 8.91 Å². The fourth-order valence-electron chi connectivity index (χ4n) is 1.44. The summed E-state index contributed by atoms with van der Waals surface area (Å²) in [7, 11) is 1.78. The van der Waals surface area contributed by atoms with E-state index in [2.05, 4.69) is 10.1 Å². The number of benzene rings is 1. The largest absolute Gasteiger partial charge is 0.338 e. The highest BCUT2D eigenvalue weighted by Crippen LogP contribution is 2.16. The fourth-order valence-corrected chi connectivity index (χ4v) is 1.44. The molecule has 0 radical (unpaired) electrons. The van der Waals surface area contributed by atoms with E-state index < -0.39 is 0 Å². The Morgan fingerprint density at radius 3 is 2.78 bits per heavy atom. The second kappa shape index (κ2) is 5.38. The van der Waals surface area contributed by atoms with Crippen LogP contribution >= 0.6 is 0 Å². The molecule has 0 aliphatic carbocycles. The van der Waals surface area contributed by atoms with Crippen LogP contribution in [0.5, 0.6) is 0 Å². The molecule has 0 amide bonds. The maximum atomic E-state index is 12.8. The number of nitriles is 1. The molecule has 6 heteroatoms. The van der Waals surface area contributed by atoms with Crippen molar-refractivity contribution in [1.82, 2.24) is 15.0 Å². The summed E-state index contributed by atoms with van der Waals surface area (Å²) in [5.41, 5.74) is 0.689. The van der Waals surface area contributed by atoms with Gasteiger partial charge in [0.1, 0.15) is 5.82 Å². The number of hydrogen-bond acceptors (Lipinski definition) is 5. The molecular formula is C12H11FN4O. The summed E-state index contributed by atoms with van der Waals surface area (Å²) in [6.07, 6.45) is 0. The van der Waals surface area contributed by atoms with Gasteiger partial charge in [0.25, 0.3) is 0 Å². The molecule has 0 aliphatic heterocycles. The molecule has 1 heterocycles. The first-order valence-corrected chi connectivity index (χ1v) is 5.33. The van der Waals surface area contributed by atoms with Crippen molar-refractivity contribution in [3.63, 3.8) is 0 Å². The third-order valence-corrected chi connectivity index (χ3v) is 2.32. The molecule has 0 unspecified atom stereocenters. The molecule has 0 N–H and O–H groups in total. The van der Waals surface area contributed by atoms with Gasteiger partial charge in [0, 0.05) is 5.56 Å². The van der Waals surface area contributed by atoms with Crippen molar-refractivity contribution in [2.75, 3.05) is 13.6 Å². The van der Waals surface area contributed by atoms with Crippen LogP contribution in [0, 0.1) is 17.1 Å². The molecule has 18 heavy (non-hydrogen) atoms. The molecule has 2 rings (SSSR count). The first kappa shape index (κ1) is 12.2. The van der Waals surface area contributed by atoms with Crippen LogP contribution in [0.1, 0.15) is 5.89 Å². The average Bonchev–Trinajstić information content (AvgIpc) is 2.78. The van der Waals surface area contributed by atoms with Gasteiger partial charge in [0.15, 0.2) is 0 Å². The number of nitrogens with zero attached hydrogens (tertiary/aromatic N) is 4. The van der Waals surface area contributed by atoms with E-state index in [0.29, 0.717) is 23.8 Å². The highest BCUT2D eigenvalue weighted by Gasteiger charge is 2.10. The zero-order chi connectivity index (χ0) is 13.0. The Balaban J connectivity index is 2.11. The summed E-state index contributed by atoms with van der Waals surface area (Å²) in [4.78, 5) is 5.93. The van der Waals surface area contributed by atoms with Crippen molar-refractivity contribution in [3.8, 4) is 17.5 Å². The minimum absolute atomic E-state index is 0.286. The SMILES string of the molecule is CN(CC#N)Cc1nc(-c2ccc(F)cc2)no1. The third kappa shape index (κ3) is 2.90. The summed E-state index contributed by atoms with van der Waals surface area (Å²) >= 11 is 0. The molecule has 0 aliphatic rings. The monoisotopic (exact) mass is 246 g/mol. The van der Waals surface area contributed by atoms with Crippen LogP contribution in [-0.4, -0.2) is 28.6 Å². The van der Waals surface area contributed by atoms with E-state index in [1.165, 1.54) is 12.1 Å². The Morgan fingerprint density at radius 1 is 1.39 bits per heavy atom. The van der Waals surface area contributed by atoms with E-state index in [9.17, 15) is 4.39 Å². The molecule has 1 aromatic heterocycles. The van der Waals surface area contributed by atoms with Crippen LogP contribution < -0.4 is 0 Å². The number of halogens is 1. The van der Waals surface area contributed by atoms with Gasteiger partial charge in [-0.05, 0) is 31.3 Å². The van der Waals surface area contributed by atoms with Gasteiger partial charge >= 0.3 is 0 Å². The van der Waals surface area contributed by atoms with Crippen molar-refractivity contribution in [2.45, 2.75) is 6.54 Å². The van der Waals surface area contributed by atoms with Gasteiger partial charge < -0.3 is 4.52 Å². The van der Waals surface area contributed by atoms with Crippen molar-refractivity contribution >= 4 is 0 Å². The van der Waals surface area contributed by atoms with Gasteiger partial charge in [-0.2, -0.15) is 10.2 Å². The van der Waals surface area contributed by atoms with Crippen LogP contribution in [0.2, 0.25) is 0 Å². The molecule has 0 bridgehead atoms. The lowest BCUT2D eigenvalue weighted by Gasteiger charge is -2.07. The predicted molar refractivity (Wildman–Crippen MR) is 61.6 cm³/mol. The Morgan fingerprint density at radius 2 is 2.11 bits per heavy atom. The van der Waals surface area contributed by atoms with Gasteiger partial charge in [0.05, 0.1) is 19.2 Å². The molecule has 0 fully saturated rings. The van der Waals surface area contributed by atoms with Crippen LogP contribution in [0.3, 0.4) is 0 Å². The summed E-state index contributed by atoms with van der Waals surface area (Å²) in [5, 5.41) is 12.3. The first-order valence-electron chi connectivity index (χ1n) is 5.33. The molecule has 1 aromatic carbocycles. The zero-order valence-electron chi connectivity index (χ0n) is 9.80. The number of rotatable bonds is 4. The topological polar surface area (TPSA) is 66.0 Å².